The lowest BCUT2D eigenvalue weighted by Gasteiger charge is -2.31. The number of aliphatic hydroxyl groups excluding tert-OH is 1. The van der Waals surface area contributed by atoms with Crippen LogP contribution in [0.5, 0.6) is 0 Å². The van der Waals surface area contributed by atoms with Crippen LogP contribution in [-0.2, 0) is 0 Å². The number of aromatic nitrogens is 4. The first-order valence-electron chi connectivity index (χ1n) is 13.0. The van der Waals surface area contributed by atoms with Crippen LogP contribution < -0.4 is 10.6 Å². The maximum Gasteiger partial charge on any atom is 0.224 e. The maximum atomic E-state index is 14.5. The SMILES string of the molecule is C=C(O)[C@@H]1CC[C@H](n2c(Nc3c(F)cc(F)cc3F)nc3cnc(NC4CCC(C(C)C)CC4)nc32)C1. The van der Waals surface area contributed by atoms with Gasteiger partial charge in [-0.15, -0.1) is 0 Å². The van der Waals surface area contributed by atoms with Crippen molar-refractivity contribution in [3.63, 3.8) is 0 Å². The number of nitrogens with one attached hydrogen (secondary N) is 2. The summed E-state index contributed by atoms with van der Waals surface area (Å²) in [6.07, 6.45) is 8.00. The highest BCUT2D eigenvalue weighted by Crippen LogP contribution is 2.41. The number of hydrogen-bond acceptors (Lipinski definition) is 6. The third kappa shape index (κ3) is 5.24. The number of fused-ring (bicyclic) bond motifs is 1. The molecule has 0 spiro atoms. The standard InChI is InChI=1S/C27H33F3N6O/c1-14(2)16-4-7-19(8-5-16)32-26-31-13-23-25(35-26)36(20-9-6-17(10-20)15(3)37)27(33-23)34-24-21(29)11-18(28)12-22(24)30/h11-14,16-17,19-20,37H,3-10H2,1-2H3,(H,33,34)(H,31,32,35)/t16?,17-,19?,20+/m1/s1. The summed E-state index contributed by atoms with van der Waals surface area (Å²) in [7, 11) is 0. The van der Waals surface area contributed by atoms with Gasteiger partial charge in [0.25, 0.3) is 0 Å². The van der Waals surface area contributed by atoms with Crippen molar-refractivity contribution < 1.29 is 18.3 Å². The van der Waals surface area contributed by atoms with Crippen molar-refractivity contribution in [2.75, 3.05) is 10.6 Å². The lowest BCUT2D eigenvalue weighted by atomic mass is 9.80. The molecule has 3 aromatic rings. The normalized spacial score (nSPS) is 24.1. The highest BCUT2D eigenvalue weighted by Gasteiger charge is 2.32. The van der Waals surface area contributed by atoms with Gasteiger partial charge in [0.05, 0.1) is 12.0 Å². The Kier molecular flexibility index (Phi) is 7.00. The zero-order chi connectivity index (χ0) is 26.3. The van der Waals surface area contributed by atoms with E-state index >= 15 is 0 Å². The lowest BCUT2D eigenvalue weighted by Crippen LogP contribution is -2.28. The topological polar surface area (TPSA) is 87.9 Å². The molecule has 0 aliphatic heterocycles. The number of halogens is 3. The molecule has 37 heavy (non-hydrogen) atoms. The van der Waals surface area contributed by atoms with Crippen molar-refractivity contribution >= 4 is 28.7 Å². The number of rotatable bonds is 7. The van der Waals surface area contributed by atoms with Crippen molar-refractivity contribution in [1.29, 1.82) is 0 Å². The molecule has 10 heteroatoms. The highest BCUT2D eigenvalue weighted by molar-refractivity contribution is 5.76. The van der Waals surface area contributed by atoms with Crippen LogP contribution in [0.25, 0.3) is 11.2 Å². The fourth-order valence-electron chi connectivity index (χ4n) is 5.78. The van der Waals surface area contributed by atoms with Gasteiger partial charge in [-0.1, -0.05) is 20.4 Å². The Labute approximate surface area is 214 Å². The second kappa shape index (κ2) is 10.2. The number of nitrogens with zero attached hydrogens (tertiary/aromatic N) is 4. The van der Waals surface area contributed by atoms with Crippen LogP contribution in [0.1, 0.15) is 64.8 Å². The van der Waals surface area contributed by atoms with Gasteiger partial charge in [0, 0.05) is 30.1 Å². The van der Waals surface area contributed by atoms with Gasteiger partial charge >= 0.3 is 0 Å². The molecule has 3 N–H and O–H groups in total. The van der Waals surface area contributed by atoms with Crippen LogP contribution in [0.3, 0.4) is 0 Å². The smallest absolute Gasteiger partial charge is 0.224 e. The summed E-state index contributed by atoms with van der Waals surface area (Å²) in [6.45, 7) is 8.22. The number of benzene rings is 1. The van der Waals surface area contributed by atoms with E-state index in [2.05, 4.69) is 41.0 Å². The minimum Gasteiger partial charge on any atom is -0.513 e. The van der Waals surface area contributed by atoms with Crippen molar-refractivity contribution in [3.8, 4) is 0 Å². The Hall–Kier alpha value is -3.30. The fourth-order valence-corrected chi connectivity index (χ4v) is 5.78. The number of allylic oxidation sites excluding steroid dienone is 1. The third-order valence-corrected chi connectivity index (χ3v) is 7.97. The molecule has 198 valence electrons. The van der Waals surface area contributed by atoms with E-state index in [0.717, 1.165) is 31.6 Å². The van der Waals surface area contributed by atoms with Crippen molar-refractivity contribution in [2.24, 2.45) is 17.8 Å². The zero-order valence-electron chi connectivity index (χ0n) is 21.1. The molecule has 0 bridgehead atoms. The van der Waals surface area contributed by atoms with Gasteiger partial charge in [-0.05, 0) is 56.8 Å². The Morgan fingerprint density at radius 3 is 2.38 bits per heavy atom. The molecule has 1 aromatic carbocycles. The summed E-state index contributed by atoms with van der Waals surface area (Å²) in [5.41, 5.74) is 0.492. The van der Waals surface area contributed by atoms with Crippen molar-refractivity contribution in [2.45, 2.75) is 70.9 Å². The first-order chi connectivity index (χ1) is 17.7. The highest BCUT2D eigenvalue weighted by atomic mass is 19.1. The molecular formula is C27H33F3N6O. The van der Waals surface area contributed by atoms with Gasteiger partial charge < -0.3 is 15.7 Å². The molecule has 0 amide bonds. The molecule has 2 atom stereocenters. The van der Waals surface area contributed by atoms with Crippen LogP contribution >= 0.6 is 0 Å². The number of anilines is 3. The Balaban J connectivity index is 1.48. The molecular weight excluding hydrogens is 481 g/mol. The predicted molar refractivity (Wildman–Crippen MR) is 137 cm³/mol. The maximum absolute atomic E-state index is 14.5. The summed E-state index contributed by atoms with van der Waals surface area (Å²) in [5, 5.41) is 16.1. The molecule has 5 rings (SSSR count). The second-order valence-electron chi connectivity index (χ2n) is 10.7. The molecule has 0 unspecified atom stereocenters. The van der Waals surface area contributed by atoms with Gasteiger partial charge in [0.2, 0.25) is 11.9 Å². The molecule has 0 saturated heterocycles. The van der Waals surface area contributed by atoms with Crippen molar-refractivity contribution in [3.05, 3.63) is 48.1 Å². The molecule has 2 aliphatic carbocycles. The fraction of sp³-hybridized carbons (Fsp3) is 0.519. The lowest BCUT2D eigenvalue weighted by molar-refractivity contribution is 0.266. The van der Waals surface area contributed by atoms with E-state index in [1.807, 2.05) is 4.57 Å². The average molecular weight is 515 g/mol. The third-order valence-electron chi connectivity index (χ3n) is 7.97. The van der Waals surface area contributed by atoms with E-state index < -0.39 is 23.1 Å². The Bertz CT molecular complexity index is 1280. The van der Waals surface area contributed by atoms with Gasteiger partial charge in [0.15, 0.2) is 17.3 Å². The van der Waals surface area contributed by atoms with E-state index in [1.165, 1.54) is 0 Å². The van der Waals surface area contributed by atoms with E-state index in [1.54, 1.807) is 6.20 Å². The molecule has 2 heterocycles. The Morgan fingerprint density at radius 2 is 1.76 bits per heavy atom. The van der Waals surface area contributed by atoms with Crippen LogP contribution in [0, 0.1) is 35.2 Å². The number of aliphatic hydroxyl groups is 1. The van der Waals surface area contributed by atoms with Gasteiger partial charge in [-0.2, -0.15) is 4.98 Å². The first-order valence-corrected chi connectivity index (χ1v) is 13.0. The molecule has 2 fully saturated rings. The monoisotopic (exact) mass is 514 g/mol. The minimum atomic E-state index is -1.06. The first kappa shape index (κ1) is 25.4. The molecule has 2 aromatic heterocycles. The largest absolute Gasteiger partial charge is 0.513 e. The van der Waals surface area contributed by atoms with Crippen molar-refractivity contribution in [1.82, 2.24) is 19.5 Å². The summed E-state index contributed by atoms with van der Waals surface area (Å²) < 4.78 is 44.2. The number of hydrogen-bond donors (Lipinski definition) is 3. The second-order valence-corrected chi connectivity index (χ2v) is 10.7. The number of imidazole rings is 1. The minimum absolute atomic E-state index is 0.0924. The average Bonchev–Trinajstić information content (AvgIpc) is 3.46. The van der Waals surface area contributed by atoms with E-state index in [0.29, 0.717) is 54.4 Å². The quantitative estimate of drug-likeness (QED) is 0.294. The summed E-state index contributed by atoms with van der Waals surface area (Å²) in [5.74, 6) is -1.03. The predicted octanol–water partition coefficient (Wildman–Crippen LogP) is 7.03. The molecule has 2 saturated carbocycles. The van der Waals surface area contributed by atoms with E-state index in [9.17, 15) is 18.3 Å². The van der Waals surface area contributed by atoms with Crippen LogP contribution in [0.4, 0.5) is 30.8 Å². The van der Waals surface area contributed by atoms with Gasteiger partial charge in [-0.3, -0.25) is 4.57 Å². The van der Waals surface area contributed by atoms with Crippen LogP contribution in [0.15, 0.2) is 30.7 Å². The van der Waals surface area contributed by atoms with Gasteiger partial charge in [-0.25, -0.2) is 23.1 Å². The molecule has 2 aliphatic rings. The van der Waals surface area contributed by atoms with Gasteiger partial charge in [0.1, 0.15) is 17.0 Å². The summed E-state index contributed by atoms with van der Waals surface area (Å²) >= 11 is 0. The Morgan fingerprint density at radius 1 is 1.05 bits per heavy atom. The summed E-state index contributed by atoms with van der Waals surface area (Å²) in [6, 6.07) is 1.38. The summed E-state index contributed by atoms with van der Waals surface area (Å²) in [4.78, 5) is 13.8. The molecule has 0 radical (unpaired) electrons. The van der Waals surface area contributed by atoms with E-state index in [-0.39, 0.29) is 29.7 Å². The van der Waals surface area contributed by atoms with Crippen LogP contribution in [-0.4, -0.2) is 30.7 Å². The van der Waals surface area contributed by atoms with Crippen LogP contribution in [0.2, 0.25) is 0 Å². The zero-order valence-corrected chi connectivity index (χ0v) is 21.1. The van der Waals surface area contributed by atoms with E-state index in [4.69, 9.17) is 4.98 Å². The molecule has 7 nitrogen and oxygen atoms in total.